The summed E-state index contributed by atoms with van der Waals surface area (Å²) in [6, 6.07) is 7.15. The van der Waals surface area contributed by atoms with Gasteiger partial charge in [0.15, 0.2) is 6.61 Å². The molecule has 8 heteroatoms. The molecule has 2 heterocycles. The molecule has 7 nitrogen and oxygen atoms in total. The molecule has 0 unspecified atom stereocenters. The zero-order valence-electron chi connectivity index (χ0n) is 17.6. The fourth-order valence-corrected chi connectivity index (χ4v) is 3.82. The highest BCUT2D eigenvalue weighted by molar-refractivity contribution is 7.14. The van der Waals surface area contributed by atoms with Crippen LogP contribution in [0.3, 0.4) is 0 Å². The van der Waals surface area contributed by atoms with Gasteiger partial charge in [0.2, 0.25) is 11.7 Å². The average Bonchev–Trinajstić information content (AvgIpc) is 3.29. The molecule has 0 radical (unpaired) electrons. The second kappa shape index (κ2) is 10.6. The quantitative estimate of drug-likeness (QED) is 0.285. The zero-order chi connectivity index (χ0) is 22.3. The fourth-order valence-electron chi connectivity index (χ4n) is 2.95. The number of hydrogen-bond donors (Lipinski definition) is 1. The number of nitrogens with zero attached hydrogens (tertiary/aromatic N) is 2. The van der Waals surface area contributed by atoms with E-state index in [0.29, 0.717) is 11.4 Å². The van der Waals surface area contributed by atoms with Crippen LogP contribution in [0.1, 0.15) is 51.8 Å². The molecule has 2 rings (SSSR count). The number of nitriles is 1. The van der Waals surface area contributed by atoms with Crippen LogP contribution in [0.4, 0.5) is 0 Å². The molecule has 0 atom stereocenters. The number of hydrogen-bond acceptors (Lipinski definition) is 6. The number of ether oxygens (including phenoxy) is 1. The molecular weight excluding hydrogens is 402 g/mol. The lowest BCUT2D eigenvalue weighted by Crippen LogP contribution is -2.18. The predicted molar refractivity (Wildman–Crippen MR) is 115 cm³/mol. The summed E-state index contributed by atoms with van der Waals surface area (Å²) in [7, 11) is 0. The molecule has 1 N–H and O–H groups in total. The first-order valence-corrected chi connectivity index (χ1v) is 10.4. The van der Waals surface area contributed by atoms with Gasteiger partial charge in [0.05, 0.1) is 11.4 Å². The van der Waals surface area contributed by atoms with Gasteiger partial charge < -0.3 is 14.6 Å². The fraction of sp³-hybridized carbons (Fsp3) is 0.364. The summed E-state index contributed by atoms with van der Waals surface area (Å²) >= 11 is 1.22. The van der Waals surface area contributed by atoms with E-state index in [1.165, 1.54) is 24.3 Å². The van der Waals surface area contributed by atoms with Gasteiger partial charge in [0.25, 0.3) is 0 Å². The molecule has 0 aliphatic carbocycles. The van der Waals surface area contributed by atoms with Crippen LogP contribution >= 0.6 is 11.3 Å². The minimum atomic E-state index is -0.832. The summed E-state index contributed by atoms with van der Waals surface area (Å²) in [5.41, 5.74) is 2.64. The molecule has 0 aromatic carbocycles. The number of amides is 1. The van der Waals surface area contributed by atoms with E-state index in [9.17, 15) is 19.6 Å². The number of nitrogens with one attached hydrogen (secondary N) is 1. The minimum Gasteiger partial charge on any atom is -0.453 e. The van der Waals surface area contributed by atoms with Gasteiger partial charge in [-0.15, -0.1) is 11.3 Å². The smallest absolute Gasteiger partial charge is 0.349 e. The Hall–Kier alpha value is -3.18. The number of carbonyl (C=O) groups is 3. The van der Waals surface area contributed by atoms with E-state index in [2.05, 4.69) is 16.8 Å². The highest BCUT2D eigenvalue weighted by Gasteiger charge is 2.17. The Balaban J connectivity index is 2.03. The summed E-state index contributed by atoms with van der Waals surface area (Å²) in [5, 5.41) is 12.0. The largest absolute Gasteiger partial charge is 0.453 e. The van der Waals surface area contributed by atoms with Crippen LogP contribution in [0.15, 0.2) is 23.8 Å². The number of ketones is 1. The normalized spacial score (nSPS) is 11.1. The Morgan fingerprint density at radius 1 is 1.30 bits per heavy atom. The maximum absolute atomic E-state index is 12.3. The summed E-state index contributed by atoms with van der Waals surface area (Å²) in [6.07, 6.45) is 2.47. The van der Waals surface area contributed by atoms with E-state index in [1.54, 1.807) is 12.1 Å². The van der Waals surface area contributed by atoms with Gasteiger partial charge >= 0.3 is 5.97 Å². The highest BCUT2D eigenvalue weighted by atomic mass is 32.1. The molecule has 30 heavy (non-hydrogen) atoms. The first kappa shape index (κ1) is 23.1. The number of aryl methyl sites for hydroxylation is 1. The molecule has 0 spiro atoms. The van der Waals surface area contributed by atoms with Gasteiger partial charge in [-0.05, 0) is 50.1 Å². The number of carbonyl (C=O) groups excluding carboxylic acids is 3. The van der Waals surface area contributed by atoms with Gasteiger partial charge in [-0.1, -0.05) is 6.92 Å². The van der Waals surface area contributed by atoms with E-state index >= 15 is 0 Å². The lowest BCUT2D eigenvalue weighted by Gasteiger charge is -2.07. The molecule has 0 aliphatic heterocycles. The molecule has 158 valence electrons. The van der Waals surface area contributed by atoms with Crippen molar-refractivity contribution in [2.24, 2.45) is 0 Å². The highest BCUT2D eigenvalue weighted by Crippen LogP contribution is 2.20. The van der Waals surface area contributed by atoms with Crippen molar-refractivity contribution in [3.8, 4) is 6.07 Å². The van der Waals surface area contributed by atoms with Crippen LogP contribution in [-0.2, 0) is 27.4 Å². The van der Waals surface area contributed by atoms with Crippen molar-refractivity contribution in [1.29, 1.82) is 5.26 Å². The first-order valence-electron chi connectivity index (χ1n) is 9.58. The van der Waals surface area contributed by atoms with Crippen LogP contribution in [-0.4, -0.2) is 28.8 Å². The minimum absolute atomic E-state index is 0.155. The van der Waals surface area contributed by atoms with E-state index in [0.717, 1.165) is 34.8 Å². The predicted octanol–water partition coefficient (Wildman–Crippen LogP) is 3.55. The monoisotopic (exact) mass is 427 g/mol. The third kappa shape index (κ3) is 5.91. The van der Waals surface area contributed by atoms with Gasteiger partial charge in [-0.2, -0.15) is 5.26 Å². The average molecular weight is 428 g/mol. The van der Waals surface area contributed by atoms with E-state index in [-0.39, 0.29) is 17.3 Å². The number of Topliss-reactive ketones (excluding diaryl/α,β-unsaturated/α-hetero) is 1. The number of thiophene rings is 1. The van der Waals surface area contributed by atoms with Crippen LogP contribution < -0.4 is 5.32 Å². The Kier molecular flexibility index (Phi) is 8.13. The van der Waals surface area contributed by atoms with Crippen molar-refractivity contribution in [3.05, 3.63) is 50.5 Å². The van der Waals surface area contributed by atoms with Crippen LogP contribution in [0, 0.1) is 25.2 Å². The summed E-state index contributed by atoms with van der Waals surface area (Å²) in [5.74, 6) is -1.35. The number of rotatable bonds is 9. The molecule has 0 saturated carbocycles. The third-order valence-electron chi connectivity index (χ3n) is 4.48. The summed E-state index contributed by atoms with van der Waals surface area (Å²) < 4.78 is 7.20. The molecule has 2 aromatic rings. The van der Waals surface area contributed by atoms with Crippen molar-refractivity contribution in [2.45, 2.75) is 47.2 Å². The third-order valence-corrected chi connectivity index (χ3v) is 5.61. The standard InChI is InChI=1S/C22H25N3O4S/c1-5-8-25-14(2)9-17(15(25)3)10-18(11-23)22(28)29-13-20(27)21-7-6-19(30-21)12-24-16(4)26/h6-7,9-10H,5,8,12-13H2,1-4H3,(H,24,26)/b18-10+. The maximum atomic E-state index is 12.3. The van der Waals surface area contributed by atoms with E-state index in [1.807, 2.05) is 26.0 Å². The van der Waals surface area contributed by atoms with Crippen LogP contribution in [0.2, 0.25) is 0 Å². The van der Waals surface area contributed by atoms with Crippen molar-refractivity contribution in [3.63, 3.8) is 0 Å². The summed E-state index contributed by atoms with van der Waals surface area (Å²) in [6.45, 7) is 8.16. The van der Waals surface area contributed by atoms with Crippen LogP contribution in [0.25, 0.3) is 6.08 Å². The van der Waals surface area contributed by atoms with E-state index < -0.39 is 12.6 Å². The molecule has 0 bridgehead atoms. The number of aromatic nitrogens is 1. The maximum Gasteiger partial charge on any atom is 0.349 e. The SMILES string of the molecule is CCCn1c(C)cc(/C=C(\C#N)C(=O)OCC(=O)c2ccc(CNC(C)=O)s2)c1C. The Morgan fingerprint density at radius 3 is 2.67 bits per heavy atom. The molecule has 0 saturated heterocycles. The van der Waals surface area contributed by atoms with Crippen molar-refractivity contribution in [2.75, 3.05) is 6.61 Å². The van der Waals surface area contributed by atoms with Gasteiger partial charge in [0, 0.05) is 29.7 Å². The molecule has 0 aliphatic rings. The van der Waals surface area contributed by atoms with E-state index in [4.69, 9.17) is 4.74 Å². The molecule has 2 aromatic heterocycles. The lowest BCUT2D eigenvalue weighted by molar-refractivity contribution is -0.137. The van der Waals surface area contributed by atoms with Gasteiger partial charge in [-0.25, -0.2) is 4.79 Å². The second-order valence-corrected chi connectivity index (χ2v) is 7.99. The number of esters is 1. The Morgan fingerprint density at radius 2 is 2.03 bits per heavy atom. The zero-order valence-corrected chi connectivity index (χ0v) is 18.4. The first-order chi connectivity index (χ1) is 14.3. The summed E-state index contributed by atoms with van der Waals surface area (Å²) in [4.78, 5) is 36.8. The van der Waals surface area contributed by atoms with Crippen LogP contribution in [0.5, 0.6) is 0 Å². The lowest BCUT2D eigenvalue weighted by atomic mass is 10.1. The molecular formula is C22H25N3O4S. The van der Waals surface area contributed by atoms with Gasteiger partial charge in [0.1, 0.15) is 11.6 Å². The topological polar surface area (TPSA) is 101 Å². The molecule has 1 amide bonds. The Bertz CT molecular complexity index is 1020. The van der Waals surface area contributed by atoms with Gasteiger partial charge in [-0.3, -0.25) is 9.59 Å². The van der Waals surface area contributed by atoms with Crippen molar-refractivity contribution in [1.82, 2.24) is 9.88 Å². The second-order valence-electron chi connectivity index (χ2n) is 6.82. The molecule has 0 fully saturated rings. The Labute approximate surface area is 180 Å². The van der Waals surface area contributed by atoms with Crippen molar-refractivity contribution < 1.29 is 19.1 Å². The van der Waals surface area contributed by atoms with Crippen molar-refractivity contribution >= 4 is 35.1 Å².